The van der Waals surface area contributed by atoms with Crippen LogP contribution in [0.5, 0.6) is 5.75 Å². The molecule has 0 radical (unpaired) electrons. The lowest BCUT2D eigenvalue weighted by Crippen LogP contribution is -2.40. The molecule has 0 amide bonds. The minimum Gasteiger partial charge on any atom is -0.493 e. The van der Waals surface area contributed by atoms with Gasteiger partial charge in [0.25, 0.3) is 0 Å². The van der Waals surface area contributed by atoms with Crippen LogP contribution in [0.3, 0.4) is 0 Å². The van der Waals surface area contributed by atoms with Gasteiger partial charge in [-0.05, 0) is 31.9 Å². The van der Waals surface area contributed by atoms with E-state index in [-0.39, 0.29) is 17.8 Å². The summed E-state index contributed by atoms with van der Waals surface area (Å²) in [5.41, 5.74) is 0. The lowest BCUT2D eigenvalue weighted by atomic mass is 10.2. The van der Waals surface area contributed by atoms with Crippen LogP contribution in [0.25, 0.3) is 0 Å². The van der Waals surface area contributed by atoms with Crippen LogP contribution in [0.2, 0.25) is 0 Å². The Hall–Kier alpha value is -1.62. The van der Waals surface area contributed by atoms with Gasteiger partial charge in [-0.2, -0.15) is 0 Å². The Kier molecular flexibility index (Phi) is 5.35. The van der Waals surface area contributed by atoms with Crippen LogP contribution < -0.4 is 10.1 Å². The number of ether oxygens (including phenoxy) is 2. The zero-order valence-corrected chi connectivity index (χ0v) is 11.6. The third-order valence-corrected chi connectivity index (χ3v) is 3.06. The van der Waals surface area contributed by atoms with E-state index in [1.165, 1.54) is 12.1 Å². The topological polar surface area (TPSA) is 47.6 Å². The van der Waals surface area contributed by atoms with Crippen molar-refractivity contribution in [1.29, 1.82) is 0 Å². The van der Waals surface area contributed by atoms with Crippen LogP contribution in [0, 0.1) is 5.82 Å². The molecule has 0 saturated heterocycles. The van der Waals surface area contributed by atoms with Crippen LogP contribution in [0.4, 0.5) is 4.39 Å². The molecule has 1 aromatic rings. The lowest BCUT2D eigenvalue weighted by Gasteiger charge is -2.17. The fraction of sp³-hybridized carbons (Fsp3) is 0.533. The summed E-state index contributed by atoms with van der Waals surface area (Å²) in [4.78, 5) is 11.8. The summed E-state index contributed by atoms with van der Waals surface area (Å²) in [6.07, 6.45) is 2.70. The fourth-order valence-corrected chi connectivity index (χ4v) is 1.90. The van der Waals surface area contributed by atoms with Crippen molar-refractivity contribution in [1.82, 2.24) is 5.32 Å². The van der Waals surface area contributed by atoms with Crippen LogP contribution in [-0.4, -0.2) is 31.3 Å². The Morgan fingerprint density at radius 2 is 2.30 bits per heavy atom. The first-order chi connectivity index (χ1) is 9.69. The van der Waals surface area contributed by atoms with Gasteiger partial charge >= 0.3 is 5.97 Å². The third kappa shape index (κ3) is 4.81. The van der Waals surface area contributed by atoms with Crippen molar-refractivity contribution in [3.63, 3.8) is 0 Å². The van der Waals surface area contributed by atoms with Crippen LogP contribution >= 0.6 is 0 Å². The maximum Gasteiger partial charge on any atom is 0.323 e. The molecule has 0 spiro atoms. The molecule has 1 atom stereocenters. The van der Waals surface area contributed by atoms with E-state index in [2.05, 4.69) is 5.32 Å². The average Bonchev–Trinajstić information content (AvgIpc) is 3.22. The van der Waals surface area contributed by atoms with Crippen LogP contribution in [0.1, 0.15) is 26.2 Å². The summed E-state index contributed by atoms with van der Waals surface area (Å²) >= 11 is 0. The van der Waals surface area contributed by atoms with E-state index in [1.54, 1.807) is 19.1 Å². The molecular weight excluding hydrogens is 261 g/mol. The van der Waals surface area contributed by atoms with Gasteiger partial charge in [0.2, 0.25) is 0 Å². The van der Waals surface area contributed by atoms with Crippen molar-refractivity contribution >= 4 is 5.97 Å². The largest absolute Gasteiger partial charge is 0.493 e. The minimum atomic E-state index is -0.351. The number of rotatable bonds is 8. The Balaban J connectivity index is 1.79. The molecular formula is C15H20FNO3. The summed E-state index contributed by atoms with van der Waals surface area (Å²) in [7, 11) is 0. The van der Waals surface area contributed by atoms with Crippen molar-refractivity contribution in [3.05, 3.63) is 30.1 Å². The molecule has 2 rings (SSSR count). The maximum absolute atomic E-state index is 13.0. The van der Waals surface area contributed by atoms with Gasteiger partial charge in [-0.15, -0.1) is 0 Å². The fourth-order valence-electron chi connectivity index (χ4n) is 1.90. The predicted molar refractivity (Wildman–Crippen MR) is 73.1 cm³/mol. The Morgan fingerprint density at radius 1 is 1.50 bits per heavy atom. The zero-order valence-electron chi connectivity index (χ0n) is 11.6. The highest BCUT2D eigenvalue weighted by atomic mass is 19.1. The molecule has 5 heteroatoms. The summed E-state index contributed by atoms with van der Waals surface area (Å²) in [6, 6.07) is 6.04. The van der Waals surface area contributed by atoms with Crippen molar-refractivity contribution in [3.8, 4) is 5.75 Å². The number of nitrogens with one attached hydrogen (secondary N) is 1. The van der Waals surface area contributed by atoms with Gasteiger partial charge in [0, 0.05) is 18.5 Å². The number of benzene rings is 1. The molecule has 0 bridgehead atoms. The highest BCUT2D eigenvalue weighted by Crippen LogP contribution is 2.20. The van der Waals surface area contributed by atoms with E-state index >= 15 is 0 Å². The third-order valence-electron chi connectivity index (χ3n) is 3.06. The molecule has 1 aromatic carbocycles. The summed E-state index contributed by atoms with van der Waals surface area (Å²) < 4.78 is 23.5. The van der Waals surface area contributed by atoms with E-state index in [0.29, 0.717) is 31.4 Å². The Morgan fingerprint density at radius 3 is 2.95 bits per heavy atom. The van der Waals surface area contributed by atoms with E-state index in [0.717, 1.165) is 12.8 Å². The second kappa shape index (κ2) is 7.24. The van der Waals surface area contributed by atoms with Crippen molar-refractivity contribution in [2.75, 3.05) is 13.2 Å². The van der Waals surface area contributed by atoms with Crippen molar-refractivity contribution in [2.45, 2.75) is 38.3 Å². The number of carbonyl (C=O) groups excluding carboxylic acids is 1. The SMILES string of the molecule is CCOC(=O)C(CCOc1cccc(F)c1)NC1CC1. The molecule has 20 heavy (non-hydrogen) atoms. The zero-order chi connectivity index (χ0) is 14.4. The molecule has 0 heterocycles. The lowest BCUT2D eigenvalue weighted by molar-refractivity contribution is -0.146. The molecule has 0 aromatic heterocycles. The van der Waals surface area contributed by atoms with E-state index < -0.39 is 0 Å². The molecule has 1 aliphatic rings. The monoisotopic (exact) mass is 281 g/mol. The highest BCUT2D eigenvalue weighted by molar-refractivity contribution is 5.75. The number of esters is 1. The Labute approximate surface area is 118 Å². The molecule has 1 N–H and O–H groups in total. The second-order valence-corrected chi connectivity index (χ2v) is 4.84. The van der Waals surface area contributed by atoms with Gasteiger partial charge in [-0.25, -0.2) is 4.39 Å². The highest BCUT2D eigenvalue weighted by Gasteiger charge is 2.29. The number of carbonyl (C=O) groups is 1. The van der Waals surface area contributed by atoms with Crippen LogP contribution in [-0.2, 0) is 9.53 Å². The molecule has 1 unspecified atom stereocenters. The first-order valence-electron chi connectivity index (χ1n) is 7.00. The summed E-state index contributed by atoms with van der Waals surface area (Å²) in [5.74, 6) is -0.109. The number of hydrogen-bond donors (Lipinski definition) is 1. The predicted octanol–water partition coefficient (Wildman–Crippen LogP) is 2.28. The van der Waals surface area contributed by atoms with Gasteiger partial charge in [-0.1, -0.05) is 6.07 Å². The first kappa shape index (κ1) is 14.8. The van der Waals surface area contributed by atoms with Gasteiger partial charge in [0.05, 0.1) is 13.2 Å². The quantitative estimate of drug-likeness (QED) is 0.743. The number of hydrogen-bond acceptors (Lipinski definition) is 4. The number of halogens is 1. The smallest absolute Gasteiger partial charge is 0.323 e. The van der Waals surface area contributed by atoms with Crippen molar-refractivity contribution in [2.24, 2.45) is 0 Å². The molecule has 1 saturated carbocycles. The molecule has 110 valence electrons. The van der Waals surface area contributed by atoms with Gasteiger partial charge in [0.15, 0.2) is 0 Å². The second-order valence-electron chi connectivity index (χ2n) is 4.84. The standard InChI is InChI=1S/C15H20FNO3/c1-2-19-15(18)14(17-12-6-7-12)8-9-20-13-5-3-4-11(16)10-13/h3-5,10,12,14,17H,2,6-9H2,1H3. The summed E-state index contributed by atoms with van der Waals surface area (Å²) in [6.45, 7) is 2.49. The Bertz CT molecular complexity index is 448. The van der Waals surface area contributed by atoms with Gasteiger partial charge < -0.3 is 14.8 Å². The molecule has 0 aliphatic heterocycles. The van der Waals surface area contributed by atoms with Crippen molar-refractivity contribution < 1.29 is 18.7 Å². The van der Waals surface area contributed by atoms with Gasteiger partial charge in [-0.3, -0.25) is 4.79 Å². The van der Waals surface area contributed by atoms with E-state index in [9.17, 15) is 9.18 Å². The van der Waals surface area contributed by atoms with Gasteiger partial charge in [0.1, 0.15) is 17.6 Å². The molecule has 4 nitrogen and oxygen atoms in total. The summed E-state index contributed by atoms with van der Waals surface area (Å²) in [5, 5.41) is 3.24. The molecule has 1 aliphatic carbocycles. The minimum absolute atomic E-state index is 0.248. The van der Waals surface area contributed by atoms with E-state index in [1.807, 2.05) is 0 Å². The molecule has 1 fully saturated rings. The van der Waals surface area contributed by atoms with E-state index in [4.69, 9.17) is 9.47 Å². The maximum atomic E-state index is 13.0. The normalized spacial score (nSPS) is 15.7. The first-order valence-corrected chi connectivity index (χ1v) is 7.00. The average molecular weight is 281 g/mol. The van der Waals surface area contributed by atoms with Crippen LogP contribution in [0.15, 0.2) is 24.3 Å².